The van der Waals surface area contributed by atoms with Crippen molar-refractivity contribution in [3.63, 3.8) is 0 Å². The number of rotatable bonds is 2. The second-order valence-corrected chi connectivity index (χ2v) is 3.62. The highest BCUT2D eigenvalue weighted by Gasteiger charge is 2.37. The van der Waals surface area contributed by atoms with Crippen LogP contribution in [0.5, 0.6) is 0 Å². The lowest BCUT2D eigenvalue weighted by Crippen LogP contribution is -2.19. The lowest BCUT2D eigenvalue weighted by molar-refractivity contribution is 0.0162. The molecule has 1 aromatic rings. The van der Waals surface area contributed by atoms with E-state index in [0.717, 1.165) is 12.8 Å². The van der Waals surface area contributed by atoms with Crippen molar-refractivity contribution in [2.75, 3.05) is 0 Å². The van der Waals surface area contributed by atoms with Gasteiger partial charge in [0.15, 0.2) is 11.5 Å². The standard InChI is InChI=1S/C9H11NO4/c11-8(12)6-5-7(14-10-6)9(13)3-1-2-4-9/h5,13H,1-4H2,(H,11,12). The number of aromatic carboxylic acids is 1. The fourth-order valence-corrected chi connectivity index (χ4v) is 1.80. The van der Waals surface area contributed by atoms with Gasteiger partial charge in [0.25, 0.3) is 0 Å². The van der Waals surface area contributed by atoms with Crippen molar-refractivity contribution < 1.29 is 19.5 Å². The molecule has 1 fully saturated rings. The number of hydrogen-bond donors (Lipinski definition) is 2. The molecule has 0 unspecified atom stereocenters. The second kappa shape index (κ2) is 3.09. The molecule has 1 aliphatic carbocycles. The average Bonchev–Trinajstić information content (AvgIpc) is 2.71. The third kappa shape index (κ3) is 1.39. The van der Waals surface area contributed by atoms with Crippen LogP contribution in [0.1, 0.15) is 41.9 Å². The predicted octanol–water partition coefficient (Wildman–Crippen LogP) is 1.13. The van der Waals surface area contributed by atoms with Gasteiger partial charge in [-0.05, 0) is 25.7 Å². The van der Waals surface area contributed by atoms with Crippen molar-refractivity contribution in [2.45, 2.75) is 31.3 Å². The van der Waals surface area contributed by atoms with Crippen LogP contribution in [0.2, 0.25) is 0 Å². The highest BCUT2D eigenvalue weighted by atomic mass is 16.5. The lowest BCUT2D eigenvalue weighted by atomic mass is 9.99. The van der Waals surface area contributed by atoms with E-state index in [2.05, 4.69) is 5.16 Å². The van der Waals surface area contributed by atoms with Gasteiger partial charge in [-0.3, -0.25) is 0 Å². The zero-order valence-corrected chi connectivity index (χ0v) is 7.56. The topological polar surface area (TPSA) is 83.6 Å². The van der Waals surface area contributed by atoms with Gasteiger partial charge in [-0.15, -0.1) is 0 Å². The quantitative estimate of drug-likeness (QED) is 0.742. The summed E-state index contributed by atoms with van der Waals surface area (Å²) < 4.78 is 4.83. The summed E-state index contributed by atoms with van der Waals surface area (Å²) in [6.07, 6.45) is 3.09. The van der Waals surface area contributed by atoms with Crippen LogP contribution in [0.15, 0.2) is 10.6 Å². The summed E-state index contributed by atoms with van der Waals surface area (Å²) in [4.78, 5) is 10.5. The molecular formula is C9H11NO4. The van der Waals surface area contributed by atoms with Gasteiger partial charge in [0.1, 0.15) is 5.60 Å². The number of hydrogen-bond acceptors (Lipinski definition) is 4. The van der Waals surface area contributed by atoms with Crippen molar-refractivity contribution in [1.82, 2.24) is 5.16 Å². The molecule has 5 heteroatoms. The first kappa shape index (κ1) is 9.21. The fraction of sp³-hybridized carbons (Fsp3) is 0.556. The van der Waals surface area contributed by atoms with Gasteiger partial charge in [-0.25, -0.2) is 4.79 Å². The molecule has 2 rings (SSSR count). The van der Waals surface area contributed by atoms with Gasteiger partial charge in [0, 0.05) is 6.07 Å². The first-order valence-corrected chi connectivity index (χ1v) is 4.55. The number of carbonyl (C=O) groups is 1. The van der Waals surface area contributed by atoms with Gasteiger partial charge in [-0.1, -0.05) is 5.16 Å². The first-order valence-electron chi connectivity index (χ1n) is 4.55. The molecule has 0 saturated heterocycles. The van der Waals surface area contributed by atoms with Gasteiger partial charge in [0.2, 0.25) is 0 Å². The molecule has 0 atom stereocenters. The normalized spacial score (nSPS) is 19.8. The van der Waals surface area contributed by atoms with Crippen molar-refractivity contribution >= 4 is 5.97 Å². The zero-order valence-electron chi connectivity index (χ0n) is 7.56. The molecule has 5 nitrogen and oxygen atoms in total. The summed E-state index contributed by atoms with van der Waals surface area (Å²) in [6, 6.07) is 1.30. The summed E-state index contributed by atoms with van der Waals surface area (Å²) in [5, 5.41) is 22.0. The van der Waals surface area contributed by atoms with E-state index < -0.39 is 11.6 Å². The average molecular weight is 197 g/mol. The minimum atomic E-state index is -1.14. The largest absolute Gasteiger partial charge is 0.476 e. The predicted molar refractivity (Wildman–Crippen MR) is 45.8 cm³/mol. The molecule has 0 amide bonds. The van der Waals surface area contributed by atoms with Gasteiger partial charge in [-0.2, -0.15) is 0 Å². The summed E-state index contributed by atoms with van der Waals surface area (Å²) in [5.74, 6) is -0.867. The Hall–Kier alpha value is -1.36. The molecule has 0 radical (unpaired) electrons. The van der Waals surface area contributed by atoms with Crippen molar-refractivity contribution in [2.24, 2.45) is 0 Å². The van der Waals surface area contributed by atoms with Gasteiger partial charge < -0.3 is 14.7 Å². The minimum absolute atomic E-state index is 0.152. The van der Waals surface area contributed by atoms with Crippen LogP contribution in [-0.4, -0.2) is 21.3 Å². The maximum atomic E-state index is 10.5. The number of nitrogens with zero attached hydrogens (tertiary/aromatic N) is 1. The molecule has 0 bridgehead atoms. The Bertz CT molecular complexity index is 351. The molecule has 0 aromatic carbocycles. The van der Waals surface area contributed by atoms with Crippen LogP contribution in [0, 0.1) is 0 Å². The fourth-order valence-electron chi connectivity index (χ4n) is 1.80. The highest BCUT2D eigenvalue weighted by Crippen LogP contribution is 2.38. The Kier molecular flexibility index (Phi) is 2.03. The number of carboxylic acid groups (broad SMARTS) is 1. The number of aromatic nitrogens is 1. The summed E-state index contributed by atoms with van der Waals surface area (Å²) in [6.45, 7) is 0. The maximum absolute atomic E-state index is 10.5. The Labute approximate surface area is 80.3 Å². The molecule has 0 aliphatic heterocycles. The van der Waals surface area contributed by atoms with Crippen LogP contribution < -0.4 is 0 Å². The molecular weight excluding hydrogens is 186 g/mol. The number of carboxylic acids is 1. The van der Waals surface area contributed by atoms with Crippen LogP contribution >= 0.6 is 0 Å². The smallest absolute Gasteiger partial charge is 0.358 e. The molecule has 14 heavy (non-hydrogen) atoms. The monoisotopic (exact) mass is 197 g/mol. The molecule has 1 aliphatic rings. The maximum Gasteiger partial charge on any atom is 0.358 e. The third-order valence-electron chi connectivity index (χ3n) is 2.62. The van der Waals surface area contributed by atoms with E-state index in [1.807, 2.05) is 0 Å². The SMILES string of the molecule is O=C(O)c1cc(C2(O)CCCC2)on1. The van der Waals surface area contributed by atoms with Crippen molar-refractivity contribution in [3.05, 3.63) is 17.5 Å². The lowest BCUT2D eigenvalue weighted by Gasteiger charge is -2.17. The van der Waals surface area contributed by atoms with Crippen LogP contribution in [-0.2, 0) is 5.60 Å². The number of aliphatic hydroxyl groups is 1. The minimum Gasteiger partial charge on any atom is -0.476 e. The molecule has 1 aromatic heterocycles. The van der Waals surface area contributed by atoms with E-state index in [4.69, 9.17) is 9.63 Å². The third-order valence-corrected chi connectivity index (χ3v) is 2.62. The van der Waals surface area contributed by atoms with E-state index in [1.165, 1.54) is 6.07 Å². The second-order valence-electron chi connectivity index (χ2n) is 3.62. The molecule has 0 spiro atoms. The van der Waals surface area contributed by atoms with E-state index in [0.29, 0.717) is 12.8 Å². The van der Waals surface area contributed by atoms with E-state index in [1.54, 1.807) is 0 Å². The van der Waals surface area contributed by atoms with Crippen LogP contribution in [0.25, 0.3) is 0 Å². The van der Waals surface area contributed by atoms with Crippen LogP contribution in [0.4, 0.5) is 0 Å². The van der Waals surface area contributed by atoms with Crippen molar-refractivity contribution in [1.29, 1.82) is 0 Å². The summed E-state index contributed by atoms with van der Waals surface area (Å²) in [5.41, 5.74) is -1.15. The van der Waals surface area contributed by atoms with Gasteiger partial charge in [0.05, 0.1) is 0 Å². The molecule has 76 valence electrons. The van der Waals surface area contributed by atoms with Crippen LogP contribution in [0.3, 0.4) is 0 Å². The van der Waals surface area contributed by atoms with E-state index in [-0.39, 0.29) is 11.5 Å². The zero-order chi connectivity index (χ0) is 10.2. The van der Waals surface area contributed by atoms with E-state index >= 15 is 0 Å². The van der Waals surface area contributed by atoms with Crippen molar-refractivity contribution in [3.8, 4) is 0 Å². The summed E-state index contributed by atoms with van der Waals surface area (Å²) in [7, 11) is 0. The summed E-state index contributed by atoms with van der Waals surface area (Å²) >= 11 is 0. The Morgan fingerprint density at radius 1 is 1.50 bits per heavy atom. The molecule has 1 heterocycles. The first-order chi connectivity index (χ1) is 6.62. The Balaban J connectivity index is 2.28. The molecule has 2 N–H and O–H groups in total. The highest BCUT2D eigenvalue weighted by molar-refractivity contribution is 5.85. The molecule has 1 saturated carbocycles. The van der Waals surface area contributed by atoms with Gasteiger partial charge >= 0.3 is 5.97 Å². The van der Waals surface area contributed by atoms with E-state index in [9.17, 15) is 9.90 Å². The Morgan fingerprint density at radius 3 is 2.64 bits per heavy atom. The Morgan fingerprint density at radius 2 is 2.14 bits per heavy atom.